The van der Waals surface area contributed by atoms with Crippen LogP contribution in [0.25, 0.3) is 0 Å². The highest BCUT2D eigenvalue weighted by Gasteiger charge is 2.31. The van der Waals surface area contributed by atoms with Gasteiger partial charge in [0.25, 0.3) is 0 Å². The van der Waals surface area contributed by atoms with Gasteiger partial charge in [-0.3, -0.25) is 4.90 Å². The largest absolute Gasteiger partial charge is 0.489 e. The van der Waals surface area contributed by atoms with Crippen LogP contribution >= 0.6 is 0 Å². The smallest absolute Gasteiger partial charge is 0.124 e. The maximum Gasteiger partial charge on any atom is 0.124 e. The van der Waals surface area contributed by atoms with E-state index in [2.05, 4.69) is 58.7 Å². The lowest BCUT2D eigenvalue weighted by atomic mass is 9.97. The van der Waals surface area contributed by atoms with Gasteiger partial charge in [-0.1, -0.05) is 61.4 Å². The summed E-state index contributed by atoms with van der Waals surface area (Å²) < 4.78 is 6.25. The van der Waals surface area contributed by atoms with Crippen molar-refractivity contribution in [3.05, 3.63) is 65.7 Å². The van der Waals surface area contributed by atoms with E-state index in [1.807, 2.05) is 6.07 Å². The number of rotatable bonds is 7. The standard InChI is InChI=1S/C22H28N2O/c1-2-6-19(7-3-1)17-25-22-9-5-4-8-20(22)21(16-18-10-11-18)24-14-12-23-13-15-24/h1-9,18,21,23H,10-17H2/t21-/m1/s1. The van der Waals surface area contributed by atoms with E-state index < -0.39 is 0 Å². The molecule has 0 bridgehead atoms. The maximum atomic E-state index is 6.25. The summed E-state index contributed by atoms with van der Waals surface area (Å²) in [7, 11) is 0. The number of para-hydroxylation sites is 1. The molecule has 1 heterocycles. The van der Waals surface area contributed by atoms with E-state index in [1.165, 1.54) is 30.4 Å². The molecule has 1 saturated heterocycles. The lowest BCUT2D eigenvalue weighted by molar-refractivity contribution is 0.156. The Kier molecular flexibility index (Phi) is 5.34. The Bertz CT molecular complexity index is 663. The predicted molar refractivity (Wildman–Crippen MR) is 102 cm³/mol. The average Bonchev–Trinajstić information content (AvgIpc) is 3.51. The van der Waals surface area contributed by atoms with Crippen molar-refractivity contribution in [2.75, 3.05) is 26.2 Å². The summed E-state index contributed by atoms with van der Waals surface area (Å²) in [4.78, 5) is 2.65. The second kappa shape index (κ2) is 8.03. The molecule has 1 aliphatic carbocycles. The van der Waals surface area contributed by atoms with E-state index in [0.29, 0.717) is 12.6 Å². The van der Waals surface area contributed by atoms with Crippen LogP contribution in [0.2, 0.25) is 0 Å². The van der Waals surface area contributed by atoms with E-state index in [1.54, 1.807) is 0 Å². The van der Waals surface area contributed by atoms with Crippen molar-refractivity contribution in [2.24, 2.45) is 5.92 Å². The van der Waals surface area contributed by atoms with Gasteiger partial charge in [-0.15, -0.1) is 0 Å². The molecule has 25 heavy (non-hydrogen) atoms. The van der Waals surface area contributed by atoms with Gasteiger partial charge in [-0.05, 0) is 24.0 Å². The number of piperazine rings is 1. The van der Waals surface area contributed by atoms with Crippen molar-refractivity contribution >= 4 is 0 Å². The number of hydrogen-bond acceptors (Lipinski definition) is 3. The summed E-state index contributed by atoms with van der Waals surface area (Å²) in [6.45, 7) is 5.08. The maximum absolute atomic E-state index is 6.25. The van der Waals surface area contributed by atoms with Crippen LogP contribution in [0, 0.1) is 5.92 Å². The van der Waals surface area contributed by atoms with Gasteiger partial charge in [-0.2, -0.15) is 0 Å². The second-order valence-corrected chi connectivity index (χ2v) is 7.29. The molecule has 2 aliphatic rings. The Morgan fingerprint density at radius 1 is 0.960 bits per heavy atom. The van der Waals surface area contributed by atoms with Crippen molar-refractivity contribution < 1.29 is 4.74 Å². The molecule has 1 N–H and O–H groups in total. The summed E-state index contributed by atoms with van der Waals surface area (Å²) in [6, 6.07) is 19.6. The van der Waals surface area contributed by atoms with Crippen molar-refractivity contribution in [3.63, 3.8) is 0 Å². The Morgan fingerprint density at radius 2 is 1.68 bits per heavy atom. The van der Waals surface area contributed by atoms with Gasteiger partial charge in [0.2, 0.25) is 0 Å². The highest BCUT2D eigenvalue weighted by molar-refractivity contribution is 5.36. The number of ether oxygens (including phenoxy) is 1. The molecule has 0 unspecified atom stereocenters. The van der Waals surface area contributed by atoms with Gasteiger partial charge in [0.1, 0.15) is 12.4 Å². The minimum atomic E-state index is 0.488. The van der Waals surface area contributed by atoms with Gasteiger partial charge >= 0.3 is 0 Å². The molecule has 4 rings (SSSR count). The number of benzene rings is 2. The Hall–Kier alpha value is -1.84. The molecule has 0 spiro atoms. The molecule has 2 aromatic rings. The second-order valence-electron chi connectivity index (χ2n) is 7.29. The molecular formula is C22H28N2O. The van der Waals surface area contributed by atoms with Crippen molar-refractivity contribution in [1.29, 1.82) is 0 Å². The van der Waals surface area contributed by atoms with Crippen LogP contribution in [0.1, 0.15) is 36.4 Å². The molecule has 1 saturated carbocycles. The molecule has 1 atom stereocenters. The Morgan fingerprint density at radius 3 is 2.44 bits per heavy atom. The van der Waals surface area contributed by atoms with E-state index in [4.69, 9.17) is 4.74 Å². The predicted octanol–water partition coefficient (Wildman–Crippen LogP) is 4.01. The van der Waals surface area contributed by atoms with E-state index in [-0.39, 0.29) is 0 Å². The van der Waals surface area contributed by atoms with Gasteiger partial charge in [0.15, 0.2) is 0 Å². The Balaban J connectivity index is 1.53. The normalized spacial score (nSPS) is 19.5. The van der Waals surface area contributed by atoms with Gasteiger partial charge < -0.3 is 10.1 Å². The molecule has 2 aromatic carbocycles. The van der Waals surface area contributed by atoms with Gasteiger partial charge in [0.05, 0.1) is 0 Å². The zero-order valence-corrected chi connectivity index (χ0v) is 14.9. The quantitative estimate of drug-likeness (QED) is 0.827. The lowest BCUT2D eigenvalue weighted by Crippen LogP contribution is -2.45. The fraction of sp³-hybridized carbons (Fsp3) is 0.455. The molecular weight excluding hydrogens is 308 g/mol. The highest BCUT2D eigenvalue weighted by Crippen LogP contribution is 2.42. The fourth-order valence-electron chi connectivity index (χ4n) is 3.76. The SMILES string of the molecule is c1ccc(COc2ccccc2[C@@H](CC2CC2)N2CCNCC2)cc1. The molecule has 132 valence electrons. The molecule has 3 heteroatoms. The topological polar surface area (TPSA) is 24.5 Å². The van der Waals surface area contributed by atoms with Crippen LogP contribution in [0.3, 0.4) is 0 Å². The fourth-order valence-corrected chi connectivity index (χ4v) is 3.76. The average molecular weight is 336 g/mol. The molecule has 0 aromatic heterocycles. The van der Waals surface area contributed by atoms with E-state index in [0.717, 1.165) is 37.8 Å². The third-order valence-corrected chi connectivity index (χ3v) is 5.36. The van der Waals surface area contributed by atoms with Crippen LogP contribution in [-0.4, -0.2) is 31.1 Å². The van der Waals surface area contributed by atoms with Crippen LogP contribution in [0.4, 0.5) is 0 Å². The third kappa shape index (κ3) is 4.42. The molecule has 0 radical (unpaired) electrons. The van der Waals surface area contributed by atoms with Gasteiger partial charge in [-0.25, -0.2) is 0 Å². The third-order valence-electron chi connectivity index (χ3n) is 5.36. The summed E-state index contributed by atoms with van der Waals surface area (Å²) in [5, 5.41) is 3.48. The summed E-state index contributed by atoms with van der Waals surface area (Å²) >= 11 is 0. The molecule has 2 fully saturated rings. The molecule has 1 aliphatic heterocycles. The van der Waals surface area contributed by atoms with Crippen LogP contribution in [0.15, 0.2) is 54.6 Å². The number of nitrogens with zero attached hydrogens (tertiary/aromatic N) is 1. The monoisotopic (exact) mass is 336 g/mol. The first-order valence-corrected chi connectivity index (χ1v) is 9.60. The first-order chi connectivity index (χ1) is 12.4. The van der Waals surface area contributed by atoms with Crippen LogP contribution < -0.4 is 10.1 Å². The summed E-state index contributed by atoms with van der Waals surface area (Å²) in [6.07, 6.45) is 4.07. The van der Waals surface area contributed by atoms with Crippen LogP contribution in [0.5, 0.6) is 5.75 Å². The van der Waals surface area contributed by atoms with E-state index >= 15 is 0 Å². The zero-order valence-electron chi connectivity index (χ0n) is 14.9. The van der Waals surface area contributed by atoms with Crippen LogP contribution in [-0.2, 0) is 6.61 Å². The number of hydrogen-bond donors (Lipinski definition) is 1. The molecule has 0 amide bonds. The minimum absolute atomic E-state index is 0.488. The van der Waals surface area contributed by atoms with Gasteiger partial charge in [0, 0.05) is 37.8 Å². The molecule has 3 nitrogen and oxygen atoms in total. The zero-order chi connectivity index (χ0) is 16.9. The first kappa shape index (κ1) is 16.6. The summed E-state index contributed by atoms with van der Waals surface area (Å²) in [5.74, 6) is 1.96. The minimum Gasteiger partial charge on any atom is -0.489 e. The van der Waals surface area contributed by atoms with E-state index in [9.17, 15) is 0 Å². The number of nitrogens with one attached hydrogen (secondary N) is 1. The van der Waals surface area contributed by atoms with Crippen molar-refractivity contribution in [1.82, 2.24) is 10.2 Å². The van der Waals surface area contributed by atoms with Crippen molar-refractivity contribution in [2.45, 2.75) is 31.9 Å². The first-order valence-electron chi connectivity index (χ1n) is 9.60. The lowest BCUT2D eigenvalue weighted by Gasteiger charge is -2.36. The summed E-state index contributed by atoms with van der Waals surface area (Å²) in [5.41, 5.74) is 2.59. The highest BCUT2D eigenvalue weighted by atomic mass is 16.5. The Labute approximate surface area is 151 Å². The van der Waals surface area contributed by atoms with Crippen molar-refractivity contribution in [3.8, 4) is 5.75 Å².